The number of anilines is 2. The van der Waals surface area contributed by atoms with E-state index in [1.165, 1.54) is 56.9 Å². The van der Waals surface area contributed by atoms with Crippen molar-refractivity contribution < 1.29 is 26.8 Å². The maximum Gasteiger partial charge on any atom is 0.270 e. The van der Waals surface area contributed by atoms with Gasteiger partial charge in [0.15, 0.2) is 5.82 Å². The number of fused-ring (bicyclic) bond motifs is 1. The zero-order valence-electron chi connectivity index (χ0n) is 19.4. The highest BCUT2D eigenvalue weighted by Crippen LogP contribution is 2.45. The first-order valence-corrected chi connectivity index (χ1v) is 12.5. The van der Waals surface area contributed by atoms with Crippen molar-refractivity contribution in [2.24, 2.45) is 0 Å². The van der Waals surface area contributed by atoms with Crippen LogP contribution in [0.15, 0.2) is 82.8 Å². The normalized spacial score (nSPS) is 11.5. The highest BCUT2D eigenvalue weighted by atomic mass is 35.5. The molecule has 0 radical (unpaired) electrons. The molecule has 5 aromatic rings. The predicted molar refractivity (Wildman–Crippen MR) is 135 cm³/mol. The van der Waals surface area contributed by atoms with Gasteiger partial charge in [0, 0.05) is 35.0 Å². The lowest BCUT2D eigenvalue weighted by molar-refractivity contribution is 0.397. The van der Waals surface area contributed by atoms with Crippen LogP contribution in [-0.4, -0.2) is 37.8 Å². The summed E-state index contributed by atoms with van der Waals surface area (Å²) in [5, 5.41) is 5.41. The van der Waals surface area contributed by atoms with Crippen LogP contribution in [0.3, 0.4) is 0 Å². The van der Waals surface area contributed by atoms with Gasteiger partial charge in [0.05, 0.1) is 30.3 Å². The van der Waals surface area contributed by atoms with Gasteiger partial charge in [-0.05, 0) is 41.8 Å². The molecule has 0 aliphatic carbocycles. The van der Waals surface area contributed by atoms with Crippen LogP contribution < -0.4 is 13.8 Å². The Kier molecular flexibility index (Phi) is 6.40. The van der Waals surface area contributed by atoms with Crippen LogP contribution in [0.25, 0.3) is 21.9 Å². The maximum atomic E-state index is 14.0. The molecule has 0 bridgehead atoms. The summed E-state index contributed by atoms with van der Waals surface area (Å²) in [7, 11) is -1.50. The van der Waals surface area contributed by atoms with Crippen LogP contribution in [0, 0.1) is 5.82 Å². The van der Waals surface area contributed by atoms with Gasteiger partial charge < -0.3 is 14.0 Å². The van der Waals surface area contributed by atoms with Crippen molar-refractivity contribution in [3.8, 4) is 22.8 Å². The van der Waals surface area contributed by atoms with Gasteiger partial charge in [0.1, 0.15) is 23.5 Å². The van der Waals surface area contributed by atoms with E-state index in [1.54, 1.807) is 24.5 Å². The van der Waals surface area contributed by atoms with Crippen molar-refractivity contribution in [2.45, 2.75) is 4.90 Å². The number of aromatic nitrogens is 3. The quantitative estimate of drug-likeness (QED) is 0.262. The number of benzene rings is 2. The molecule has 2 aromatic carbocycles. The lowest BCUT2D eigenvalue weighted by Crippen LogP contribution is -2.27. The van der Waals surface area contributed by atoms with Crippen molar-refractivity contribution in [2.75, 3.05) is 18.5 Å². The maximum absolute atomic E-state index is 14.0. The van der Waals surface area contributed by atoms with Crippen molar-refractivity contribution in [1.82, 2.24) is 15.1 Å². The Morgan fingerprint density at radius 2 is 1.81 bits per heavy atom. The Labute approximate surface area is 216 Å². The number of sulfonamides is 1. The summed E-state index contributed by atoms with van der Waals surface area (Å²) >= 11 is 6.62. The molecule has 3 heterocycles. The number of hydrogen-bond donors (Lipinski definition) is 0. The van der Waals surface area contributed by atoms with Gasteiger partial charge in [0.25, 0.3) is 10.0 Å². The average molecular weight is 541 g/mol. The summed E-state index contributed by atoms with van der Waals surface area (Å²) in [5.74, 6) is -0.387. The van der Waals surface area contributed by atoms with Gasteiger partial charge >= 0.3 is 0 Å². The van der Waals surface area contributed by atoms with Gasteiger partial charge in [-0.1, -0.05) is 22.8 Å². The molecular weight excluding hydrogens is 523 g/mol. The van der Waals surface area contributed by atoms with Crippen molar-refractivity contribution >= 4 is 43.9 Å². The molecule has 3 aromatic heterocycles. The molecule has 0 spiro atoms. The van der Waals surface area contributed by atoms with Crippen LogP contribution in [-0.2, 0) is 10.0 Å². The van der Waals surface area contributed by atoms with Gasteiger partial charge in [-0.25, -0.2) is 22.1 Å². The van der Waals surface area contributed by atoms with Crippen molar-refractivity contribution in [3.63, 3.8) is 0 Å². The molecular formula is C25H18ClFN4O5S. The first-order valence-electron chi connectivity index (χ1n) is 10.7. The van der Waals surface area contributed by atoms with Crippen molar-refractivity contribution in [1.29, 1.82) is 0 Å². The molecule has 0 unspecified atom stereocenters. The van der Waals surface area contributed by atoms with E-state index in [1.807, 2.05) is 0 Å². The number of pyridine rings is 2. The number of halogens is 2. The smallest absolute Gasteiger partial charge is 0.270 e. The lowest BCUT2D eigenvalue weighted by atomic mass is 10.1. The average Bonchev–Trinajstić information content (AvgIpc) is 3.42. The van der Waals surface area contributed by atoms with E-state index in [9.17, 15) is 12.8 Å². The molecule has 0 N–H and O–H groups in total. The number of rotatable bonds is 7. The Hall–Kier alpha value is -4.22. The van der Waals surface area contributed by atoms with Gasteiger partial charge in [-0.3, -0.25) is 4.98 Å². The fraction of sp³-hybridized carbons (Fsp3) is 0.0800. The fourth-order valence-electron chi connectivity index (χ4n) is 3.87. The first kappa shape index (κ1) is 24.5. The molecule has 0 aliphatic rings. The lowest BCUT2D eigenvalue weighted by Gasteiger charge is -2.25. The van der Waals surface area contributed by atoms with Crippen LogP contribution in [0.1, 0.15) is 0 Å². The van der Waals surface area contributed by atoms with E-state index in [0.29, 0.717) is 10.9 Å². The second kappa shape index (κ2) is 9.68. The minimum atomic E-state index is -4.26. The number of nitrogens with zero attached hydrogens (tertiary/aromatic N) is 4. The third-order valence-electron chi connectivity index (χ3n) is 5.57. The summed E-state index contributed by atoms with van der Waals surface area (Å²) < 4.78 is 58.8. The summed E-state index contributed by atoms with van der Waals surface area (Å²) in [6.07, 6.45) is 5.47. The van der Waals surface area contributed by atoms with E-state index in [0.717, 1.165) is 15.9 Å². The third kappa shape index (κ3) is 4.43. The third-order valence-corrected chi connectivity index (χ3v) is 7.60. The fourth-order valence-corrected chi connectivity index (χ4v) is 5.60. The van der Waals surface area contributed by atoms with E-state index >= 15 is 0 Å². The highest BCUT2D eigenvalue weighted by molar-refractivity contribution is 7.93. The van der Waals surface area contributed by atoms with Crippen LogP contribution >= 0.6 is 11.6 Å². The second-order valence-corrected chi connectivity index (χ2v) is 9.92. The molecule has 9 nitrogen and oxygen atoms in total. The summed E-state index contributed by atoms with van der Waals surface area (Å²) in [4.78, 5) is 8.00. The molecule has 37 heavy (non-hydrogen) atoms. The van der Waals surface area contributed by atoms with E-state index in [2.05, 4.69) is 15.1 Å². The monoisotopic (exact) mass is 540 g/mol. The molecule has 188 valence electrons. The van der Waals surface area contributed by atoms with E-state index in [-0.39, 0.29) is 38.6 Å². The SMILES string of the molecule is COc1cc(-c2cc(F)cnc2OC)c(Cl)cc1N(c1ccon1)S(=O)(=O)c1ccc2cnccc2c1. The Morgan fingerprint density at radius 1 is 0.973 bits per heavy atom. The van der Waals surface area contributed by atoms with E-state index in [4.69, 9.17) is 25.6 Å². The minimum Gasteiger partial charge on any atom is -0.495 e. The van der Waals surface area contributed by atoms with Gasteiger partial charge in [0.2, 0.25) is 5.88 Å². The Bertz CT molecular complexity index is 1710. The molecule has 5 rings (SSSR count). The highest BCUT2D eigenvalue weighted by Gasteiger charge is 2.32. The Morgan fingerprint density at radius 3 is 2.54 bits per heavy atom. The summed E-state index contributed by atoms with van der Waals surface area (Å²) in [6.45, 7) is 0. The summed E-state index contributed by atoms with van der Waals surface area (Å²) in [6, 6.07) is 11.8. The molecule has 0 saturated heterocycles. The van der Waals surface area contributed by atoms with Crippen LogP contribution in [0.2, 0.25) is 5.02 Å². The standard InChI is InChI=1S/C25H18ClFN4O5S/c1-34-23-11-19(20-10-17(27)14-29-25(20)35-2)21(26)12-22(23)31(24-6-8-36-30-24)37(32,33)18-4-3-16-13-28-7-5-15(16)9-18/h3-14H,1-2H3. The minimum absolute atomic E-state index is 0.00699. The van der Waals surface area contributed by atoms with Crippen LogP contribution in [0.5, 0.6) is 11.6 Å². The van der Waals surface area contributed by atoms with E-state index < -0.39 is 15.8 Å². The predicted octanol–water partition coefficient (Wildman–Crippen LogP) is 5.62. The molecule has 0 aliphatic heterocycles. The van der Waals surface area contributed by atoms with Crippen molar-refractivity contribution in [3.05, 3.63) is 84.2 Å². The molecule has 12 heteroatoms. The zero-order chi connectivity index (χ0) is 26.2. The largest absolute Gasteiger partial charge is 0.495 e. The second-order valence-electron chi connectivity index (χ2n) is 7.73. The molecule has 0 atom stereocenters. The number of hydrogen-bond acceptors (Lipinski definition) is 8. The zero-order valence-corrected chi connectivity index (χ0v) is 21.0. The Balaban J connectivity index is 1.72. The molecule has 0 saturated carbocycles. The summed E-state index contributed by atoms with van der Waals surface area (Å²) in [5.41, 5.74) is 0.640. The number of methoxy groups -OCH3 is 2. The number of ether oxygens (including phenoxy) is 2. The van der Waals surface area contributed by atoms with Crippen LogP contribution in [0.4, 0.5) is 15.9 Å². The molecule has 0 amide bonds. The molecule has 0 fully saturated rings. The topological polar surface area (TPSA) is 108 Å². The first-order chi connectivity index (χ1) is 17.8. The van der Waals surface area contributed by atoms with Gasteiger partial charge in [-0.15, -0.1) is 0 Å². The van der Waals surface area contributed by atoms with Gasteiger partial charge in [-0.2, -0.15) is 0 Å².